The number of aromatic amines is 1. The zero-order chi connectivity index (χ0) is 21.1. The molecule has 0 radical (unpaired) electrons. The van der Waals surface area contributed by atoms with E-state index < -0.39 is 11.5 Å². The molecule has 0 amide bonds. The van der Waals surface area contributed by atoms with Crippen LogP contribution in [-0.4, -0.2) is 37.4 Å². The number of nitrogens with one attached hydrogen (secondary N) is 1. The standard InChI is InChI=1S/C24H25N3O2S/c1-3-4-5-10-20-16(2)25-21(26-20)14-24(23(28)29)15-30-22(27-24)19-12-11-17-8-6-7-9-18(17)13-19/h3-4,6-9,11-13H,5,10,14-15H2,1-2H3,(H,25,26)(H,28,29)/b4-3-. The molecular weight excluding hydrogens is 394 g/mol. The molecule has 0 fully saturated rings. The van der Waals surface area contributed by atoms with E-state index in [1.165, 1.54) is 11.8 Å². The van der Waals surface area contributed by atoms with Crippen molar-refractivity contribution in [3.8, 4) is 0 Å². The number of aliphatic carboxylic acids is 1. The molecule has 154 valence electrons. The van der Waals surface area contributed by atoms with Gasteiger partial charge in [0.25, 0.3) is 0 Å². The summed E-state index contributed by atoms with van der Waals surface area (Å²) in [5, 5.41) is 13.1. The van der Waals surface area contributed by atoms with Crippen LogP contribution in [0.5, 0.6) is 0 Å². The largest absolute Gasteiger partial charge is 0.479 e. The van der Waals surface area contributed by atoms with Crippen molar-refractivity contribution >= 4 is 33.5 Å². The summed E-state index contributed by atoms with van der Waals surface area (Å²) < 4.78 is 0. The van der Waals surface area contributed by atoms with E-state index >= 15 is 0 Å². The van der Waals surface area contributed by atoms with Gasteiger partial charge in [-0.15, -0.1) is 11.8 Å². The van der Waals surface area contributed by atoms with E-state index in [2.05, 4.69) is 40.3 Å². The molecule has 5 nitrogen and oxygen atoms in total. The van der Waals surface area contributed by atoms with Crippen LogP contribution in [0, 0.1) is 6.92 Å². The van der Waals surface area contributed by atoms with Crippen LogP contribution >= 0.6 is 11.8 Å². The summed E-state index contributed by atoms with van der Waals surface area (Å²) in [5.74, 6) is 0.183. The predicted molar refractivity (Wildman–Crippen MR) is 123 cm³/mol. The number of aromatic nitrogens is 2. The zero-order valence-corrected chi connectivity index (χ0v) is 18.0. The van der Waals surface area contributed by atoms with Gasteiger partial charge in [-0.05, 0) is 43.5 Å². The van der Waals surface area contributed by atoms with Gasteiger partial charge >= 0.3 is 5.97 Å². The number of aliphatic imine (C=N–C) groups is 1. The van der Waals surface area contributed by atoms with Gasteiger partial charge in [-0.3, -0.25) is 4.99 Å². The Morgan fingerprint density at radius 2 is 2.07 bits per heavy atom. The number of carbonyl (C=O) groups is 1. The van der Waals surface area contributed by atoms with Gasteiger partial charge in [-0.2, -0.15) is 0 Å². The molecule has 2 heterocycles. The molecule has 2 N–H and O–H groups in total. The molecule has 0 spiro atoms. The van der Waals surface area contributed by atoms with Gasteiger partial charge in [0, 0.05) is 23.4 Å². The fourth-order valence-corrected chi connectivity index (χ4v) is 4.95. The number of rotatable bonds is 7. The monoisotopic (exact) mass is 419 g/mol. The van der Waals surface area contributed by atoms with Gasteiger partial charge in [0.2, 0.25) is 0 Å². The van der Waals surface area contributed by atoms with Crippen LogP contribution in [0.1, 0.15) is 36.1 Å². The fourth-order valence-electron chi connectivity index (χ4n) is 3.75. The first kappa shape index (κ1) is 20.4. The summed E-state index contributed by atoms with van der Waals surface area (Å²) in [6, 6.07) is 14.3. The van der Waals surface area contributed by atoms with E-state index in [-0.39, 0.29) is 6.42 Å². The van der Waals surface area contributed by atoms with Crippen molar-refractivity contribution in [3.05, 3.63) is 77.4 Å². The van der Waals surface area contributed by atoms with Gasteiger partial charge in [0.05, 0.1) is 10.7 Å². The third-order valence-electron chi connectivity index (χ3n) is 5.44. The van der Waals surface area contributed by atoms with Crippen molar-refractivity contribution in [1.82, 2.24) is 9.97 Å². The predicted octanol–water partition coefficient (Wildman–Crippen LogP) is 4.94. The van der Waals surface area contributed by atoms with Crippen molar-refractivity contribution in [3.63, 3.8) is 0 Å². The van der Waals surface area contributed by atoms with Gasteiger partial charge in [-0.1, -0.05) is 48.6 Å². The Morgan fingerprint density at radius 3 is 2.83 bits per heavy atom. The Labute approximate surface area is 180 Å². The molecule has 1 atom stereocenters. The minimum Gasteiger partial charge on any atom is -0.479 e. The number of imidazole rings is 1. The van der Waals surface area contributed by atoms with E-state index in [9.17, 15) is 9.90 Å². The van der Waals surface area contributed by atoms with Crippen LogP contribution in [0.4, 0.5) is 0 Å². The van der Waals surface area contributed by atoms with Crippen molar-refractivity contribution in [2.24, 2.45) is 4.99 Å². The number of carboxylic acid groups (broad SMARTS) is 1. The number of benzene rings is 2. The molecule has 2 aromatic carbocycles. The molecule has 30 heavy (non-hydrogen) atoms. The molecule has 0 saturated heterocycles. The fraction of sp³-hybridized carbons (Fsp3) is 0.292. The Kier molecular flexibility index (Phi) is 5.77. The van der Waals surface area contributed by atoms with Gasteiger partial charge in [0.15, 0.2) is 5.54 Å². The highest BCUT2D eigenvalue weighted by molar-refractivity contribution is 8.14. The highest BCUT2D eigenvalue weighted by atomic mass is 32.2. The highest BCUT2D eigenvalue weighted by Crippen LogP contribution is 2.34. The summed E-state index contributed by atoms with van der Waals surface area (Å²) in [7, 11) is 0. The first-order valence-corrected chi connectivity index (χ1v) is 11.1. The molecule has 3 aromatic rings. The number of fused-ring (bicyclic) bond motifs is 1. The molecule has 0 aliphatic carbocycles. The zero-order valence-electron chi connectivity index (χ0n) is 17.2. The summed E-state index contributed by atoms with van der Waals surface area (Å²) in [4.78, 5) is 24.9. The quantitative estimate of drug-likeness (QED) is 0.532. The highest BCUT2D eigenvalue weighted by Gasteiger charge is 2.44. The lowest BCUT2D eigenvalue weighted by Crippen LogP contribution is -2.40. The Bertz CT molecular complexity index is 1150. The maximum atomic E-state index is 12.2. The molecule has 1 aromatic heterocycles. The Hall–Kier alpha value is -2.86. The van der Waals surface area contributed by atoms with Gasteiger partial charge in [0.1, 0.15) is 5.82 Å². The lowest BCUT2D eigenvalue weighted by Gasteiger charge is -2.18. The lowest BCUT2D eigenvalue weighted by atomic mass is 9.98. The molecule has 1 aliphatic rings. The second-order valence-electron chi connectivity index (χ2n) is 7.64. The normalized spacial score (nSPS) is 18.9. The van der Waals surface area contributed by atoms with E-state index in [4.69, 9.17) is 4.99 Å². The first-order chi connectivity index (χ1) is 14.5. The first-order valence-electron chi connectivity index (χ1n) is 10.1. The summed E-state index contributed by atoms with van der Waals surface area (Å²) >= 11 is 1.50. The summed E-state index contributed by atoms with van der Waals surface area (Å²) in [6.45, 7) is 3.99. The number of carboxylic acids is 1. The van der Waals surface area contributed by atoms with Crippen LogP contribution in [0.15, 0.2) is 59.6 Å². The van der Waals surface area contributed by atoms with Crippen LogP contribution in [0.3, 0.4) is 0 Å². The second kappa shape index (κ2) is 8.48. The van der Waals surface area contributed by atoms with E-state index in [1.807, 2.05) is 38.1 Å². The third kappa shape index (κ3) is 4.05. The smallest absolute Gasteiger partial charge is 0.332 e. The van der Waals surface area contributed by atoms with Crippen LogP contribution < -0.4 is 0 Å². The Balaban J connectivity index is 1.61. The number of hydrogen-bond donors (Lipinski definition) is 2. The number of aryl methyl sites for hydroxylation is 2. The number of hydrogen-bond acceptors (Lipinski definition) is 4. The van der Waals surface area contributed by atoms with Gasteiger partial charge < -0.3 is 10.1 Å². The number of allylic oxidation sites excluding steroid dienone is 2. The molecule has 0 saturated carbocycles. The minimum absolute atomic E-state index is 0.261. The van der Waals surface area contributed by atoms with Crippen molar-refractivity contribution in [2.45, 2.75) is 38.6 Å². The van der Waals surface area contributed by atoms with E-state index in [0.29, 0.717) is 11.6 Å². The van der Waals surface area contributed by atoms with Gasteiger partial charge in [-0.25, -0.2) is 9.78 Å². The topological polar surface area (TPSA) is 78.3 Å². The summed E-state index contributed by atoms with van der Waals surface area (Å²) in [6.07, 6.45) is 6.16. The molecule has 4 rings (SSSR count). The van der Waals surface area contributed by atoms with Crippen molar-refractivity contribution < 1.29 is 9.90 Å². The van der Waals surface area contributed by atoms with Crippen molar-refractivity contribution in [2.75, 3.05) is 5.75 Å². The molecular formula is C24H25N3O2S. The maximum absolute atomic E-state index is 12.2. The maximum Gasteiger partial charge on any atom is 0.332 e. The van der Waals surface area contributed by atoms with E-state index in [1.54, 1.807) is 0 Å². The molecule has 1 aliphatic heterocycles. The average molecular weight is 420 g/mol. The van der Waals surface area contributed by atoms with Crippen LogP contribution in [0.25, 0.3) is 10.8 Å². The molecule has 0 bridgehead atoms. The minimum atomic E-state index is -1.20. The number of H-pyrrole nitrogens is 1. The third-order valence-corrected chi connectivity index (χ3v) is 6.66. The number of thioether (sulfide) groups is 1. The SMILES string of the molecule is C/C=C\CCc1nc(CC2(C(=O)O)CSC(c3ccc4ccccc4c3)=N2)[nH]c1C. The number of nitrogens with zero attached hydrogens (tertiary/aromatic N) is 2. The summed E-state index contributed by atoms with van der Waals surface area (Å²) in [5.41, 5.74) is 1.76. The van der Waals surface area contributed by atoms with Crippen LogP contribution in [-0.2, 0) is 17.6 Å². The molecule has 6 heteroatoms. The average Bonchev–Trinajstić information content (AvgIpc) is 3.32. The van der Waals surface area contributed by atoms with E-state index in [0.717, 1.165) is 45.6 Å². The Morgan fingerprint density at radius 1 is 1.27 bits per heavy atom. The second-order valence-corrected chi connectivity index (χ2v) is 8.61. The lowest BCUT2D eigenvalue weighted by molar-refractivity contribution is -0.142. The van der Waals surface area contributed by atoms with Crippen LogP contribution in [0.2, 0.25) is 0 Å². The molecule has 1 unspecified atom stereocenters. The van der Waals surface area contributed by atoms with Crippen molar-refractivity contribution in [1.29, 1.82) is 0 Å².